The van der Waals surface area contributed by atoms with E-state index >= 15 is 0 Å². The number of nitriles is 1. The van der Waals surface area contributed by atoms with Crippen LogP contribution >= 0.6 is 0 Å². The fraction of sp³-hybridized carbons (Fsp3) is 0.500. The maximum Gasteiger partial charge on any atom is 0.150 e. The van der Waals surface area contributed by atoms with Crippen LogP contribution in [0.4, 0.5) is 14.5 Å². The minimum atomic E-state index is -0.710. The lowest BCUT2D eigenvalue weighted by molar-refractivity contribution is 0.364. The molecule has 1 aliphatic heterocycles. The summed E-state index contributed by atoms with van der Waals surface area (Å²) in [4.78, 5) is 0. The molecule has 0 aliphatic carbocycles. The van der Waals surface area contributed by atoms with Crippen molar-refractivity contribution in [2.24, 2.45) is 5.92 Å². The van der Waals surface area contributed by atoms with Crippen LogP contribution in [0.15, 0.2) is 12.1 Å². The Labute approximate surface area is 111 Å². The zero-order valence-electron chi connectivity index (χ0n) is 10.7. The molecule has 19 heavy (non-hydrogen) atoms. The first kappa shape index (κ1) is 13.8. The molecule has 0 spiro atoms. The zero-order valence-corrected chi connectivity index (χ0v) is 10.7. The first-order chi connectivity index (χ1) is 9.20. The van der Waals surface area contributed by atoms with Gasteiger partial charge in [-0.25, -0.2) is 8.78 Å². The van der Waals surface area contributed by atoms with Gasteiger partial charge in [-0.15, -0.1) is 0 Å². The largest absolute Gasteiger partial charge is 0.380 e. The summed E-state index contributed by atoms with van der Waals surface area (Å²) in [5, 5.41) is 14.7. The molecule has 1 saturated heterocycles. The molecular formula is C14H17F2N3. The van der Waals surface area contributed by atoms with Crippen LogP contribution in [0, 0.1) is 28.9 Å². The highest BCUT2D eigenvalue weighted by Crippen LogP contribution is 2.21. The number of halogens is 2. The third kappa shape index (κ3) is 3.65. The molecule has 1 fully saturated rings. The summed E-state index contributed by atoms with van der Waals surface area (Å²) in [6.45, 7) is 2.56. The van der Waals surface area contributed by atoms with E-state index in [-0.39, 0.29) is 11.3 Å². The van der Waals surface area contributed by atoms with Crippen LogP contribution in [0.1, 0.15) is 24.8 Å². The molecule has 0 saturated carbocycles. The Kier molecular flexibility index (Phi) is 4.69. The van der Waals surface area contributed by atoms with Crippen molar-refractivity contribution in [1.29, 1.82) is 5.26 Å². The maximum absolute atomic E-state index is 13.6. The monoisotopic (exact) mass is 265 g/mol. The third-order valence-electron chi connectivity index (χ3n) is 3.42. The highest BCUT2D eigenvalue weighted by atomic mass is 19.1. The molecule has 102 valence electrons. The van der Waals surface area contributed by atoms with Crippen molar-refractivity contribution >= 4 is 5.69 Å². The summed E-state index contributed by atoms with van der Waals surface area (Å²) in [5.74, 6) is -0.859. The van der Waals surface area contributed by atoms with Gasteiger partial charge in [-0.05, 0) is 50.4 Å². The Balaban J connectivity index is 1.90. The number of piperidine rings is 1. The lowest BCUT2D eigenvalue weighted by atomic mass is 9.96. The topological polar surface area (TPSA) is 47.9 Å². The average Bonchev–Trinajstić information content (AvgIpc) is 2.42. The molecule has 1 aromatic carbocycles. The molecular weight excluding hydrogens is 248 g/mol. The van der Waals surface area contributed by atoms with Crippen LogP contribution in [0.3, 0.4) is 0 Å². The number of hydrogen-bond acceptors (Lipinski definition) is 3. The summed E-state index contributed by atoms with van der Waals surface area (Å²) in [7, 11) is 0. The molecule has 1 aromatic rings. The van der Waals surface area contributed by atoms with Crippen LogP contribution in [0.25, 0.3) is 0 Å². The normalized spacial score (nSPS) is 18.9. The summed E-state index contributed by atoms with van der Waals surface area (Å²) in [6.07, 6.45) is 3.20. The van der Waals surface area contributed by atoms with Crippen molar-refractivity contribution in [3.05, 3.63) is 29.3 Å². The molecule has 1 heterocycles. The van der Waals surface area contributed by atoms with Gasteiger partial charge in [0.25, 0.3) is 0 Å². The summed E-state index contributed by atoms with van der Waals surface area (Å²) in [6, 6.07) is 3.83. The zero-order chi connectivity index (χ0) is 13.7. The fourth-order valence-corrected chi connectivity index (χ4v) is 2.38. The van der Waals surface area contributed by atoms with Crippen LogP contribution in [-0.2, 0) is 0 Å². The van der Waals surface area contributed by atoms with Gasteiger partial charge in [0.1, 0.15) is 5.69 Å². The van der Waals surface area contributed by atoms with Gasteiger partial charge in [0, 0.05) is 6.54 Å². The SMILES string of the molecule is N#Cc1cc(F)c(NCCC2CCCNC2)c(F)c1. The van der Waals surface area contributed by atoms with E-state index in [1.54, 1.807) is 6.07 Å². The number of rotatable bonds is 4. The molecule has 0 radical (unpaired) electrons. The highest BCUT2D eigenvalue weighted by Gasteiger charge is 2.14. The number of anilines is 1. The van der Waals surface area contributed by atoms with Crippen molar-refractivity contribution in [3.8, 4) is 6.07 Å². The molecule has 2 N–H and O–H groups in total. The summed E-state index contributed by atoms with van der Waals surface area (Å²) < 4.78 is 27.2. The highest BCUT2D eigenvalue weighted by molar-refractivity contribution is 5.50. The Hall–Kier alpha value is -1.67. The van der Waals surface area contributed by atoms with Gasteiger partial charge in [-0.1, -0.05) is 0 Å². The van der Waals surface area contributed by atoms with Crippen molar-refractivity contribution < 1.29 is 8.78 Å². The first-order valence-corrected chi connectivity index (χ1v) is 6.54. The molecule has 1 unspecified atom stereocenters. The van der Waals surface area contributed by atoms with E-state index in [2.05, 4.69) is 10.6 Å². The predicted octanol–water partition coefficient (Wildman–Crippen LogP) is 2.64. The predicted molar refractivity (Wildman–Crippen MR) is 69.8 cm³/mol. The fourth-order valence-electron chi connectivity index (χ4n) is 2.38. The summed E-state index contributed by atoms with van der Waals surface area (Å²) in [5.41, 5.74) is -0.139. The minimum Gasteiger partial charge on any atom is -0.380 e. The van der Waals surface area contributed by atoms with Gasteiger partial charge in [-0.3, -0.25) is 0 Å². The molecule has 0 amide bonds. The second-order valence-corrected chi connectivity index (χ2v) is 4.85. The van der Waals surface area contributed by atoms with Crippen LogP contribution < -0.4 is 10.6 Å². The number of hydrogen-bond donors (Lipinski definition) is 2. The smallest absolute Gasteiger partial charge is 0.150 e. The van der Waals surface area contributed by atoms with Crippen molar-refractivity contribution in [2.75, 3.05) is 25.0 Å². The Morgan fingerprint density at radius 3 is 2.68 bits per heavy atom. The van der Waals surface area contributed by atoms with Gasteiger partial charge in [0.05, 0.1) is 11.6 Å². The standard InChI is InChI=1S/C14H17F2N3/c15-12-6-11(8-17)7-13(16)14(12)19-5-3-10-2-1-4-18-9-10/h6-7,10,18-19H,1-5,9H2. The van der Waals surface area contributed by atoms with E-state index in [1.807, 2.05) is 0 Å². The second-order valence-electron chi connectivity index (χ2n) is 4.85. The minimum absolute atomic E-state index is 0.00275. The van der Waals surface area contributed by atoms with Crippen molar-refractivity contribution in [3.63, 3.8) is 0 Å². The van der Waals surface area contributed by atoms with Gasteiger partial charge in [-0.2, -0.15) is 5.26 Å². The van der Waals surface area contributed by atoms with Gasteiger partial charge in [0.15, 0.2) is 11.6 Å². The lowest BCUT2D eigenvalue weighted by Gasteiger charge is -2.22. The van der Waals surface area contributed by atoms with E-state index in [9.17, 15) is 8.78 Å². The Morgan fingerprint density at radius 1 is 1.37 bits per heavy atom. The molecule has 0 aromatic heterocycles. The van der Waals surface area contributed by atoms with E-state index < -0.39 is 11.6 Å². The van der Waals surface area contributed by atoms with E-state index in [4.69, 9.17) is 5.26 Å². The number of nitrogens with one attached hydrogen (secondary N) is 2. The van der Waals surface area contributed by atoms with Gasteiger partial charge in [0.2, 0.25) is 0 Å². The van der Waals surface area contributed by atoms with Crippen LogP contribution in [-0.4, -0.2) is 19.6 Å². The molecule has 5 heteroatoms. The number of nitrogens with zero attached hydrogens (tertiary/aromatic N) is 1. The van der Waals surface area contributed by atoms with Gasteiger partial charge >= 0.3 is 0 Å². The van der Waals surface area contributed by atoms with E-state index in [0.29, 0.717) is 12.5 Å². The second kappa shape index (κ2) is 6.48. The molecule has 2 rings (SSSR count). The third-order valence-corrected chi connectivity index (χ3v) is 3.42. The average molecular weight is 265 g/mol. The quantitative estimate of drug-likeness (QED) is 0.879. The lowest BCUT2D eigenvalue weighted by Crippen LogP contribution is -2.30. The molecule has 3 nitrogen and oxygen atoms in total. The Bertz CT molecular complexity index is 453. The maximum atomic E-state index is 13.6. The van der Waals surface area contributed by atoms with E-state index in [1.165, 1.54) is 0 Å². The number of benzene rings is 1. The van der Waals surface area contributed by atoms with Gasteiger partial charge < -0.3 is 10.6 Å². The van der Waals surface area contributed by atoms with Crippen molar-refractivity contribution in [1.82, 2.24) is 5.32 Å². The molecule has 0 bridgehead atoms. The molecule has 1 atom stereocenters. The van der Waals surface area contributed by atoms with E-state index in [0.717, 1.165) is 44.5 Å². The molecule has 1 aliphatic rings. The first-order valence-electron chi connectivity index (χ1n) is 6.54. The van der Waals surface area contributed by atoms with Crippen LogP contribution in [0.5, 0.6) is 0 Å². The summed E-state index contributed by atoms with van der Waals surface area (Å²) >= 11 is 0. The van der Waals surface area contributed by atoms with Crippen molar-refractivity contribution in [2.45, 2.75) is 19.3 Å². The van der Waals surface area contributed by atoms with Crippen LogP contribution in [0.2, 0.25) is 0 Å². The Morgan fingerprint density at radius 2 is 2.11 bits per heavy atom.